The molecule has 0 bridgehead atoms. The lowest BCUT2D eigenvalue weighted by Crippen LogP contribution is -2.16. The van der Waals surface area contributed by atoms with E-state index in [2.05, 4.69) is 65.4 Å². The summed E-state index contributed by atoms with van der Waals surface area (Å²) in [5.41, 5.74) is 10.4. The Bertz CT molecular complexity index is 1030. The molecule has 0 saturated carbocycles. The van der Waals surface area contributed by atoms with E-state index < -0.39 is 6.36 Å². The average molecular weight is 555 g/mol. The number of ether oxygens (including phenoxy) is 2. The molecule has 0 aromatic heterocycles. The van der Waals surface area contributed by atoms with Crippen molar-refractivity contribution < 1.29 is 22.6 Å². The van der Waals surface area contributed by atoms with Crippen molar-refractivity contribution in [2.45, 2.75) is 43.1 Å². The Balaban J connectivity index is 1.70. The molecule has 1 atom stereocenters. The van der Waals surface area contributed by atoms with Crippen LogP contribution in [0, 0.1) is 0 Å². The third kappa shape index (κ3) is 6.54. The van der Waals surface area contributed by atoms with E-state index in [4.69, 9.17) is 10.5 Å². The van der Waals surface area contributed by atoms with Crippen molar-refractivity contribution in [2.24, 2.45) is 0 Å². The summed E-state index contributed by atoms with van der Waals surface area (Å²) < 4.78 is 47.0. The standard InChI is InChI=1S/C25H25F3INO2/c1-3-14-24(2,29)20-9-4-17(5-10-20)16-31-23-15-19(8-13-22(23)30)18-6-11-21(12-7-18)32-25(26,27)28/h4-13,15H,3,14,16,30H2,1-2H3. The first-order chi connectivity index (χ1) is 15.1. The van der Waals surface area contributed by atoms with Crippen LogP contribution in [0.3, 0.4) is 0 Å². The van der Waals surface area contributed by atoms with Gasteiger partial charge in [-0.2, -0.15) is 0 Å². The van der Waals surface area contributed by atoms with Gasteiger partial charge in [0.15, 0.2) is 0 Å². The molecule has 3 aromatic rings. The highest BCUT2D eigenvalue weighted by molar-refractivity contribution is 14.1. The maximum Gasteiger partial charge on any atom is 0.573 e. The van der Waals surface area contributed by atoms with Crippen molar-refractivity contribution in [3.8, 4) is 22.6 Å². The van der Waals surface area contributed by atoms with Crippen LogP contribution in [0.5, 0.6) is 11.5 Å². The molecule has 0 spiro atoms. The first kappa shape index (κ1) is 24.2. The monoisotopic (exact) mass is 555 g/mol. The Morgan fingerprint density at radius 3 is 2.12 bits per heavy atom. The zero-order valence-corrected chi connectivity index (χ0v) is 20.0. The topological polar surface area (TPSA) is 44.5 Å². The van der Waals surface area contributed by atoms with Gasteiger partial charge in [0.25, 0.3) is 0 Å². The second-order valence-electron chi connectivity index (χ2n) is 7.76. The van der Waals surface area contributed by atoms with Gasteiger partial charge in [-0.05, 0) is 59.9 Å². The molecule has 0 radical (unpaired) electrons. The third-order valence-electron chi connectivity index (χ3n) is 5.10. The molecule has 0 saturated heterocycles. The molecule has 0 aliphatic rings. The summed E-state index contributed by atoms with van der Waals surface area (Å²) in [7, 11) is 0. The Hall–Kier alpha value is -2.42. The van der Waals surface area contributed by atoms with E-state index >= 15 is 0 Å². The van der Waals surface area contributed by atoms with E-state index in [-0.39, 0.29) is 9.17 Å². The third-order valence-corrected chi connectivity index (χ3v) is 6.27. The summed E-state index contributed by atoms with van der Waals surface area (Å²) >= 11 is 2.49. The Kier molecular flexibility index (Phi) is 7.59. The fourth-order valence-corrected chi connectivity index (χ4v) is 4.31. The molecule has 32 heavy (non-hydrogen) atoms. The van der Waals surface area contributed by atoms with Gasteiger partial charge in [0, 0.05) is 3.42 Å². The number of rotatable bonds is 8. The van der Waals surface area contributed by atoms with Gasteiger partial charge < -0.3 is 15.2 Å². The molecule has 2 N–H and O–H groups in total. The van der Waals surface area contributed by atoms with Crippen LogP contribution >= 0.6 is 22.6 Å². The fourth-order valence-electron chi connectivity index (χ4n) is 3.41. The van der Waals surface area contributed by atoms with Crippen molar-refractivity contribution in [1.82, 2.24) is 0 Å². The summed E-state index contributed by atoms with van der Waals surface area (Å²) in [5, 5.41) is 0. The highest BCUT2D eigenvalue weighted by atomic mass is 127. The molecule has 0 amide bonds. The lowest BCUT2D eigenvalue weighted by atomic mass is 9.95. The van der Waals surface area contributed by atoms with E-state index in [1.807, 2.05) is 0 Å². The van der Waals surface area contributed by atoms with Gasteiger partial charge in [-0.1, -0.05) is 78.4 Å². The van der Waals surface area contributed by atoms with Gasteiger partial charge in [-0.15, -0.1) is 13.2 Å². The summed E-state index contributed by atoms with van der Waals surface area (Å²) in [6.45, 7) is 4.77. The Labute approximate surface area is 199 Å². The van der Waals surface area contributed by atoms with Gasteiger partial charge in [-0.25, -0.2) is 0 Å². The quantitative estimate of drug-likeness (QED) is 0.175. The first-order valence-electron chi connectivity index (χ1n) is 10.2. The van der Waals surface area contributed by atoms with Crippen LogP contribution in [0.25, 0.3) is 11.1 Å². The van der Waals surface area contributed by atoms with Crippen LogP contribution in [0.1, 0.15) is 37.8 Å². The van der Waals surface area contributed by atoms with Gasteiger partial charge in [0.1, 0.15) is 18.1 Å². The number of nitrogen functional groups attached to an aromatic ring is 1. The highest BCUT2D eigenvalue weighted by Gasteiger charge is 2.31. The fraction of sp³-hybridized carbons (Fsp3) is 0.280. The minimum atomic E-state index is -4.72. The molecule has 0 aliphatic carbocycles. The SMILES string of the molecule is CCCC(C)(I)c1ccc(COc2cc(-c3ccc(OC(F)(F)F)cc3)ccc2N)cc1. The zero-order valence-electron chi connectivity index (χ0n) is 17.9. The molecule has 3 aromatic carbocycles. The van der Waals surface area contributed by atoms with E-state index in [0.29, 0.717) is 18.0 Å². The molecule has 170 valence electrons. The summed E-state index contributed by atoms with van der Waals surface area (Å²) in [6, 6.07) is 19.4. The zero-order chi connectivity index (χ0) is 23.4. The minimum Gasteiger partial charge on any atom is -0.487 e. The number of halogens is 4. The molecule has 1 unspecified atom stereocenters. The molecule has 3 nitrogen and oxygen atoms in total. The predicted molar refractivity (Wildman–Crippen MR) is 130 cm³/mol. The van der Waals surface area contributed by atoms with Crippen LogP contribution < -0.4 is 15.2 Å². The number of hydrogen-bond acceptors (Lipinski definition) is 3. The predicted octanol–water partition coefficient (Wildman–Crippen LogP) is 7.86. The second-order valence-corrected chi connectivity index (χ2v) is 10.1. The lowest BCUT2D eigenvalue weighted by molar-refractivity contribution is -0.274. The maximum absolute atomic E-state index is 12.3. The van der Waals surface area contributed by atoms with Gasteiger partial charge in [-0.3, -0.25) is 0 Å². The summed E-state index contributed by atoms with van der Waals surface area (Å²) in [5.74, 6) is 0.255. The van der Waals surface area contributed by atoms with Gasteiger partial charge in [0.05, 0.1) is 5.69 Å². The highest BCUT2D eigenvalue weighted by Crippen LogP contribution is 2.36. The molecular formula is C25H25F3INO2. The molecule has 7 heteroatoms. The first-order valence-corrected chi connectivity index (χ1v) is 11.3. The number of nitrogens with two attached hydrogens (primary N) is 1. The van der Waals surface area contributed by atoms with E-state index in [1.165, 1.54) is 17.7 Å². The van der Waals surface area contributed by atoms with E-state index in [1.54, 1.807) is 30.3 Å². The van der Waals surface area contributed by atoms with Crippen molar-refractivity contribution in [1.29, 1.82) is 0 Å². The Morgan fingerprint density at radius 2 is 1.53 bits per heavy atom. The van der Waals surface area contributed by atoms with Crippen LogP contribution in [0.2, 0.25) is 0 Å². The lowest BCUT2D eigenvalue weighted by Gasteiger charge is -2.22. The van der Waals surface area contributed by atoms with E-state index in [0.717, 1.165) is 29.5 Å². The number of hydrogen-bond donors (Lipinski definition) is 1. The van der Waals surface area contributed by atoms with Crippen LogP contribution in [-0.4, -0.2) is 6.36 Å². The number of benzene rings is 3. The molecule has 0 aliphatic heterocycles. The smallest absolute Gasteiger partial charge is 0.487 e. The van der Waals surface area contributed by atoms with Gasteiger partial charge >= 0.3 is 6.36 Å². The summed E-state index contributed by atoms with van der Waals surface area (Å²) in [4.78, 5) is 0. The van der Waals surface area contributed by atoms with Gasteiger partial charge in [0.2, 0.25) is 0 Å². The van der Waals surface area contributed by atoms with Crippen molar-refractivity contribution in [3.05, 3.63) is 77.9 Å². The van der Waals surface area contributed by atoms with Crippen molar-refractivity contribution >= 4 is 28.3 Å². The molecule has 0 fully saturated rings. The minimum absolute atomic E-state index is 0.103. The molecule has 3 rings (SSSR count). The largest absolute Gasteiger partial charge is 0.573 e. The Morgan fingerprint density at radius 1 is 0.906 bits per heavy atom. The second kappa shape index (κ2) is 10.0. The average Bonchev–Trinajstić information content (AvgIpc) is 2.73. The maximum atomic E-state index is 12.3. The number of anilines is 1. The molecular weight excluding hydrogens is 530 g/mol. The summed E-state index contributed by atoms with van der Waals surface area (Å²) in [6.07, 6.45) is -2.48. The van der Waals surface area contributed by atoms with Crippen LogP contribution in [0.4, 0.5) is 18.9 Å². The van der Waals surface area contributed by atoms with Crippen LogP contribution in [-0.2, 0) is 10.0 Å². The van der Waals surface area contributed by atoms with Crippen molar-refractivity contribution in [2.75, 3.05) is 5.73 Å². The van der Waals surface area contributed by atoms with E-state index in [9.17, 15) is 13.2 Å². The van der Waals surface area contributed by atoms with Crippen molar-refractivity contribution in [3.63, 3.8) is 0 Å². The normalized spacial score (nSPS) is 13.4. The number of alkyl halides is 4. The molecule has 0 heterocycles. The van der Waals surface area contributed by atoms with Crippen LogP contribution in [0.15, 0.2) is 66.7 Å².